The van der Waals surface area contributed by atoms with Gasteiger partial charge in [-0.2, -0.15) is 0 Å². The van der Waals surface area contributed by atoms with Crippen molar-refractivity contribution in [2.24, 2.45) is 0 Å². The fraction of sp³-hybridized carbons (Fsp3) is 0. The standard InChI is InChI=1S/2CNO.2H3N.Zn/c2*2-1-3;;;/h;;2*1H3;/q2*-1;;;+2. The van der Waals surface area contributed by atoms with Crippen LogP contribution in [0.25, 0.3) is 10.8 Å². The Bertz CT molecular complexity index is 70.6. The molecule has 0 aromatic heterocycles. The van der Waals surface area contributed by atoms with Crippen LogP contribution >= 0.6 is 0 Å². The molecule has 0 amide bonds. The molecule has 0 unspecified atom stereocenters. The van der Waals surface area contributed by atoms with Gasteiger partial charge in [0, 0.05) is 0 Å². The zero-order chi connectivity index (χ0) is 5.41. The van der Waals surface area contributed by atoms with Crippen LogP contribution in [0.2, 0.25) is 0 Å². The molecule has 0 aliphatic rings. The van der Waals surface area contributed by atoms with Gasteiger partial charge in [-0.1, -0.05) is 0 Å². The van der Waals surface area contributed by atoms with Crippen LogP contribution in [0.5, 0.6) is 0 Å². The first-order valence-corrected chi connectivity index (χ1v) is 0.855. The summed E-state index contributed by atoms with van der Waals surface area (Å²) in [5.41, 5.74) is 0. The molecule has 0 heterocycles. The quantitative estimate of drug-likeness (QED) is 0.311. The molecule has 0 saturated heterocycles. The average Bonchev–Trinajstić information content (AvgIpc) is 1.39. The third-order valence-electron chi connectivity index (χ3n) is 0. The van der Waals surface area contributed by atoms with Crippen LogP contribution in [0, 0.1) is 0 Å². The monoisotopic (exact) mass is 182 g/mol. The molecule has 0 spiro atoms. The third kappa shape index (κ3) is 423. The van der Waals surface area contributed by atoms with Crippen molar-refractivity contribution >= 4 is 12.2 Å². The second-order valence-corrected chi connectivity index (χ2v) is 0.183. The summed E-state index contributed by atoms with van der Waals surface area (Å²) in [6, 6.07) is 0. The minimum absolute atomic E-state index is 0. The Morgan fingerprint density at radius 2 is 0.889 bits per heavy atom. The van der Waals surface area contributed by atoms with Crippen LogP contribution in [0.3, 0.4) is 0 Å². The maximum atomic E-state index is 8.24. The molecule has 0 bridgehead atoms. The number of nitrogens with zero attached hydrogens (tertiary/aromatic N) is 2. The van der Waals surface area contributed by atoms with Gasteiger partial charge in [0.25, 0.3) is 0 Å². The van der Waals surface area contributed by atoms with E-state index in [0.29, 0.717) is 12.2 Å². The summed E-state index contributed by atoms with van der Waals surface area (Å²) in [5.74, 6) is 0. The van der Waals surface area contributed by atoms with Gasteiger partial charge in [0.1, 0.15) is 0 Å². The van der Waals surface area contributed by atoms with Gasteiger partial charge < -0.3 is 23.1 Å². The molecule has 0 atom stereocenters. The van der Waals surface area contributed by atoms with E-state index in [1.165, 1.54) is 0 Å². The Balaban J connectivity index is -0.00000000889. The second kappa shape index (κ2) is 171. The molecule has 0 fully saturated rings. The molecule has 6 N–H and O–H groups in total. The number of rotatable bonds is 0. The number of isocyanates is 2. The Kier molecular flexibility index (Phi) is 770. The molecular formula is C2H6N4O2Zn. The minimum Gasteiger partial charge on any atom is -0.724 e. The van der Waals surface area contributed by atoms with Gasteiger partial charge in [0.2, 0.25) is 0 Å². The molecule has 48 valence electrons. The number of hydrogen-bond acceptors (Lipinski definition) is 4. The average molecular weight is 183 g/mol. The van der Waals surface area contributed by atoms with Gasteiger partial charge in [-0.05, 0) is 12.2 Å². The van der Waals surface area contributed by atoms with Gasteiger partial charge in [0.05, 0.1) is 0 Å². The Labute approximate surface area is 65.0 Å². The van der Waals surface area contributed by atoms with Crippen LogP contribution in [0.1, 0.15) is 0 Å². The largest absolute Gasteiger partial charge is 2.00 e. The van der Waals surface area contributed by atoms with Gasteiger partial charge in [0.15, 0.2) is 0 Å². The van der Waals surface area contributed by atoms with E-state index in [9.17, 15) is 0 Å². The summed E-state index contributed by atoms with van der Waals surface area (Å²) in [4.78, 5) is 16.5. The zero-order valence-electron chi connectivity index (χ0n) is 4.83. The molecule has 9 heavy (non-hydrogen) atoms. The van der Waals surface area contributed by atoms with Crippen LogP contribution < -0.4 is 12.3 Å². The Hall–Kier alpha value is -0.697. The topological polar surface area (TPSA) is 149 Å². The molecule has 7 heteroatoms. The first-order valence-electron chi connectivity index (χ1n) is 0.855. The van der Waals surface area contributed by atoms with E-state index in [2.05, 4.69) is 0 Å². The maximum absolute atomic E-state index is 8.24. The van der Waals surface area contributed by atoms with Crippen molar-refractivity contribution in [2.75, 3.05) is 0 Å². The molecule has 6 nitrogen and oxygen atoms in total. The van der Waals surface area contributed by atoms with Crippen molar-refractivity contribution in [1.82, 2.24) is 12.3 Å². The first-order chi connectivity index (χ1) is 2.83. The second-order valence-electron chi connectivity index (χ2n) is 0.183. The Morgan fingerprint density at radius 3 is 0.889 bits per heavy atom. The minimum atomic E-state index is 0. The van der Waals surface area contributed by atoms with E-state index >= 15 is 0 Å². The van der Waals surface area contributed by atoms with Crippen molar-refractivity contribution in [3.63, 3.8) is 0 Å². The molecule has 0 aliphatic carbocycles. The van der Waals surface area contributed by atoms with Crippen molar-refractivity contribution < 1.29 is 29.1 Å². The smallest absolute Gasteiger partial charge is 0.724 e. The molecule has 0 aromatic carbocycles. The van der Waals surface area contributed by atoms with E-state index < -0.39 is 0 Å². The molecule has 0 saturated carbocycles. The normalized spacial score (nSPS) is 1.78. The predicted octanol–water partition coefficient (Wildman–Crippen LogP) is 0.105. The number of hydrogen-bond donors (Lipinski definition) is 2. The molecule has 0 aromatic rings. The van der Waals surface area contributed by atoms with Crippen LogP contribution in [0.4, 0.5) is 0 Å². The van der Waals surface area contributed by atoms with Gasteiger partial charge in [-0.15, -0.1) is 0 Å². The molecule has 0 radical (unpaired) electrons. The summed E-state index contributed by atoms with van der Waals surface area (Å²) in [6.45, 7) is 0. The number of carbonyl (C=O) groups excluding carboxylic acids is 2. The van der Waals surface area contributed by atoms with Crippen molar-refractivity contribution in [2.45, 2.75) is 0 Å². The summed E-state index contributed by atoms with van der Waals surface area (Å²) in [7, 11) is 0. The van der Waals surface area contributed by atoms with Gasteiger partial charge >= 0.3 is 19.5 Å². The predicted molar refractivity (Wildman–Crippen MR) is 28.1 cm³/mol. The SMILES string of the molecule is N.N.[N-]=C=O.[N-]=C=O.[Zn+2]. The summed E-state index contributed by atoms with van der Waals surface area (Å²) in [5, 5.41) is 13.5. The Morgan fingerprint density at radius 1 is 0.889 bits per heavy atom. The van der Waals surface area contributed by atoms with Crippen molar-refractivity contribution in [3.05, 3.63) is 10.8 Å². The van der Waals surface area contributed by atoms with E-state index in [-0.39, 0.29) is 31.8 Å². The van der Waals surface area contributed by atoms with E-state index in [1.54, 1.807) is 0 Å². The van der Waals surface area contributed by atoms with E-state index in [1.807, 2.05) is 0 Å². The van der Waals surface area contributed by atoms with Crippen molar-refractivity contribution in [1.29, 1.82) is 0 Å². The van der Waals surface area contributed by atoms with Crippen LogP contribution in [0.15, 0.2) is 0 Å². The summed E-state index contributed by atoms with van der Waals surface area (Å²) >= 11 is 0. The fourth-order valence-corrected chi connectivity index (χ4v) is 0. The first kappa shape index (κ1) is 40.6. The molecule has 0 rings (SSSR count). The maximum Gasteiger partial charge on any atom is 2.00 e. The van der Waals surface area contributed by atoms with E-state index in [4.69, 9.17) is 20.4 Å². The summed E-state index contributed by atoms with van der Waals surface area (Å²) < 4.78 is 0. The van der Waals surface area contributed by atoms with E-state index in [0.717, 1.165) is 0 Å². The van der Waals surface area contributed by atoms with Crippen LogP contribution in [-0.4, -0.2) is 12.2 Å². The van der Waals surface area contributed by atoms with Gasteiger partial charge in [-0.3, -0.25) is 9.59 Å². The summed E-state index contributed by atoms with van der Waals surface area (Å²) in [6.07, 6.45) is 1.00. The van der Waals surface area contributed by atoms with Crippen LogP contribution in [-0.2, 0) is 29.1 Å². The zero-order valence-corrected chi connectivity index (χ0v) is 7.80. The fourth-order valence-electron chi connectivity index (χ4n) is 0. The third-order valence-corrected chi connectivity index (χ3v) is 0. The molecule has 0 aliphatic heterocycles. The molecular weight excluding hydrogens is 177 g/mol. The van der Waals surface area contributed by atoms with Gasteiger partial charge in [-0.25, -0.2) is 0 Å². The van der Waals surface area contributed by atoms with Crippen molar-refractivity contribution in [3.8, 4) is 0 Å².